The van der Waals surface area contributed by atoms with Crippen LogP contribution in [0.15, 0.2) is 37.0 Å². The van der Waals surface area contributed by atoms with E-state index in [1.54, 1.807) is 0 Å². The lowest BCUT2D eigenvalue weighted by atomic mass is 10.3. The molecule has 0 aliphatic rings. The number of rotatable bonds is 2. The molecule has 0 atom stereocenters. The van der Waals surface area contributed by atoms with Crippen LogP contribution in [0.5, 0.6) is 0 Å². The number of nitrogens with zero attached hydrogens (tertiary/aromatic N) is 1. The first-order valence-corrected chi connectivity index (χ1v) is 3.83. The Hall–Kier alpha value is -1.64. The summed E-state index contributed by atoms with van der Waals surface area (Å²) in [4.78, 5) is 12.4. The van der Waals surface area contributed by atoms with Crippen molar-refractivity contribution < 1.29 is 9.18 Å². The van der Waals surface area contributed by atoms with Gasteiger partial charge in [-0.3, -0.25) is 9.69 Å². The first-order chi connectivity index (χ1) is 6.15. The Morgan fingerprint density at radius 2 is 2.00 bits per heavy atom. The molecule has 0 saturated carbocycles. The minimum atomic E-state index is -0.323. The molecule has 0 radical (unpaired) electrons. The van der Waals surface area contributed by atoms with Crippen molar-refractivity contribution in [1.82, 2.24) is 0 Å². The van der Waals surface area contributed by atoms with Crippen molar-refractivity contribution in [2.24, 2.45) is 0 Å². The summed E-state index contributed by atoms with van der Waals surface area (Å²) in [5.74, 6) is -0.474. The lowest BCUT2D eigenvalue weighted by Crippen LogP contribution is -2.21. The molecule has 1 rings (SSSR count). The Morgan fingerprint density at radius 1 is 1.46 bits per heavy atom. The third-order valence-corrected chi connectivity index (χ3v) is 1.63. The van der Waals surface area contributed by atoms with Gasteiger partial charge in [0.15, 0.2) is 0 Å². The molecule has 0 spiro atoms. The fourth-order valence-electron chi connectivity index (χ4n) is 1.02. The Balaban J connectivity index is 2.99. The highest BCUT2D eigenvalue weighted by Gasteiger charge is 2.06. The fourth-order valence-corrected chi connectivity index (χ4v) is 1.02. The van der Waals surface area contributed by atoms with E-state index >= 15 is 0 Å². The largest absolute Gasteiger partial charge is 0.289 e. The van der Waals surface area contributed by atoms with E-state index in [1.165, 1.54) is 42.3 Å². The minimum Gasteiger partial charge on any atom is -0.289 e. The van der Waals surface area contributed by atoms with Gasteiger partial charge in [-0.25, -0.2) is 4.39 Å². The molecule has 0 aromatic heterocycles. The van der Waals surface area contributed by atoms with Gasteiger partial charge in [0.1, 0.15) is 5.82 Å². The maximum Gasteiger partial charge on any atom is 0.227 e. The van der Waals surface area contributed by atoms with Gasteiger partial charge < -0.3 is 0 Å². The number of benzene rings is 1. The summed E-state index contributed by atoms with van der Waals surface area (Å²) in [6, 6.07) is 5.65. The van der Waals surface area contributed by atoms with Crippen LogP contribution in [0.1, 0.15) is 6.92 Å². The first-order valence-electron chi connectivity index (χ1n) is 3.83. The molecule has 0 bridgehead atoms. The Bertz CT molecular complexity index is 318. The molecule has 1 amide bonds. The maximum absolute atomic E-state index is 12.5. The molecular formula is C10H10FNO. The molecule has 3 heteroatoms. The summed E-state index contributed by atoms with van der Waals surface area (Å²) in [5.41, 5.74) is 0.615. The summed E-state index contributed by atoms with van der Waals surface area (Å²) in [6.07, 6.45) is 1.40. The Kier molecular flexibility index (Phi) is 2.80. The van der Waals surface area contributed by atoms with E-state index in [-0.39, 0.29) is 11.7 Å². The van der Waals surface area contributed by atoms with E-state index in [2.05, 4.69) is 6.58 Å². The molecule has 1 aromatic carbocycles. The van der Waals surface area contributed by atoms with Crippen LogP contribution in [0.3, 0.4) is 0 Å². The van der Waals surface area contributed by atoms with Crippen molar-refractivity contribution in [3.8, 4) is 0 Å². The van der Waals surface area contributed by atoms with Gasteiger partial charge in [0, 0.05) is 18.8 Å². The molecule has 0 heterocycles. The van der Waals surface area contributed by atoms with Crippen LogP contribution in [0.25, 0.3) is 0 Å². The van der Waals surface area contributed by atoms with Crippen molar-refractivity contribution in [3.63, 3.8) is 0 Å². The second-order valence-electron chi connectivity index (χ2n) is 2.55. The van der Waals surface area contributed by atoms with E-state index in [0.717, 1.165) is 0 Å². The average Bonchev–Trinajstić information content (AvgIpc) is 2.09. The quantitative estimate of drug-likeness (QED) is 0.682. The smallest absolute Gasteiger partial charge is 0.227 e. The lowest BCUT2D eigenvalue weighted by molar-refractivity contribution is -0.115. The molecule has 0 aliphatic carbocycles. The predicted octanol–water partition coefficient (Wildman–Crippen LogP) is 2.32. The third-order valence-electron chi connectivity index (χ3n) is 1.63. The van der Waals surface area contributed by atoms with Crippen molar-refractivity contribution in [2.45, 2.75) is 6.92 Å². The average molecular weight is 179 g/mol. The molecule has 2 nitrogen and oxygen atoms in total. The van der Waals surface area contributed by atoms with Gasteiger partial charge in [-0.05, 0) is 24.3 Å². The SMILES string of the molecule is C=CN(C(C)=O)c1ccc(F)cc1. The molecule has 0 unspecified atom stereocenters. The van der Waals surface area contributed by atoms with Crippen LogP contribution >= 0.6 is 0 Å². The van der Waals surface area contributed by atoms with Crippen LogP contribution in [-0.2, 0) is 4.79 Å². The molecule has 0 N–H and O–H groups in total. The van der Waals surface area contributed by atoms with Crippen LogP contribution in [0, 0.1) is 5.82 Å². The van der Waals surface area contributed by atoms with Crippen molar-refractivity contribution in [1.29, 1.82) is 0 Å². The van der Waals surface area contributed by atoms with Gasteiger partial charge in [0.2, 0.25) is 5.91 Å². The molecule has 0 aliphatic heterocycles. The zero-order valence-electron chi connectivity index (χ0n) is 7.33. The highest BCUT2D eigenvalue weighted by atomic mass is 19.1. The molecule has 68 valence electrons. The second kappa shape index (κ2) is 3.85. The summed E-state index contributed by atoms with van der Waals surface area (Å²) in [6.45, 7) is 4.91. The zero-order valence-corrected chi connectivity index (χ0v) is 7.33. The van der Waals surface area contributed by atoms with Crippen molar-refractivity contribution in [2.75, 3.05) is 4.90 Å². The Labute approximate surface area is 76.3 Å². The number of hydrogen-bond donors (Lipinski definition) is 0. The molecule has 0 fully saturated rings. The molecule has 1 aromatic rings. The summed E-state index contributed by atoms with van der Waals surface area (Å²) >= 11 is 0. The topological polar surface area (TPSA) is 20.3 Å². The lowest BCUT2D eigenvalue weighted by Gasteiger charge is -2.15. The number of halogens is 1. The van der Waals surface area contributed by atoms with Gasteiger partial charge in [-0.2, -0.15) is 0 Å². The second-order valence-corrected chi connectivity index (χ2v) is 2.55. The predicted molar refractivity (Wildman–Crippen MR) is 49.8 cm³/mol. The third kappa shape index (κ3) is 2.15. The van der Waals surface area contributed by atoms with E-state index < -0.39 is 0 Å². The number of amides is 1. The Morgan fingerprint density at radius 3 is 2.38 bits per heavy atom. The summed E-state index contributed by atoms with van der Waals surface area (Å²) in [7, 11) is 0. The van der Waals surface area contributed by atoms with E-state index in [0.29, 0.717) is 5.69 Å². The standard InChI is InChI=1S/C10H10FNO/c1-3-12(8(2)13)10-6-4-9(11)5-7-10/h3-7H,1H2,2H3. The van der Waals surface area contributed by atoms with Gasteiger partial charge >= 0.3 is 0 Å². The van der Waals surface area contributed by atoms with Crippen LogP contribution in [0.2, 0.25) is 0 Å². The zero-order chi connectivity index (χ0) is 9.84. The molecule has 13 heavy (non-hydrogen) atoms. The number of carbonyl (C=O) groups is 1. The highest BCUT2D eigenvalue weighted by Crippen LogP contribution is 2.14. The van der Waals surface area contributed by atoms with E-state index in [1.807, 2.05) is 0 Å². The normalized spacial score (nSPS) is 9.38. The van der Waals surface area contributed by atoms with Crippen LogP contribution < -0.4 is 4.90 Å². The fraction of sp³-hybridized carbons (Fsp3) is 0.100. The summed E-state index contributed by atoms with van der Waals surface area (Å²) < 4.78 is 12.5. The molecule has 0 saturated heterocycles. The number of hydrogen-bond acceptors (Lipinski definition) is 1. The monoisotopic (exact) mass is 179 g/mol. The van der Waals surface area contributed by atoms with Crippen molar-refractivity contribution >= 4 is 11.6 Å². The number of carbonyl (C=O) groups excluding carboxylic acids is 1. The van der Waals surface area contributed by atoms with Crippen molar-refractivity contribution in [3.05, 3.63) is 42.9 Å². The van der Waals surface area contributed by atoms with E-state index in [9.17, 15) is 9.18 Å². The minimum absolute atomic E-state index is 0.151. The summed E-state index contributed by atoms with van der Waals surface area (Å²) in [5, 5.41) is 0. The first kappa shape index (κ1) is 9.45. The van der Waals surface area contributed by atoms with Gasteiger partial charge in [-0.15, -0.1) is 0 Å². The van der Waals surface area contributed by atoms with Crippen LogP contribution in [0.4, 0.5) is 10.1 Å². The van der Waals surface area contributed by atoms with E-state index in [4.69, 9.17) is 0 Å². The van der Waals surface area contributed by atoms with Gasteiger partial charge in [0.25, 0.3) is 0 Å². The van der Waals surface area contributed by atoms with Gasteiger partial charge in [-0.1, -0.05) is 6.58 Å². The van der Waals surface area contributed by atoms with Gasteiger partial charge in [0.05, 0.1) is 0 Å². The highest BCUT2D eigenvalue weighted by molar-refractivity contribution is 5.93. The maximum atomic E-state index is 12.5. The van der Waals surface area contributed by atoms with Crippen LogP contribution in [-0.4, -0.2) is 5.91 Å². The number of anilines is 1. The molecular weight excluding hydrogens is 169 g/mol.